The van der Waals surface area contributed by atoms with Crippen LogP contribution in [0.25, 0.3) is 6.08 Å². The lowest BCUT2D eigenvalue weighted by molar-refractivity contribution is 0.00578. The van der Waals surface area contributed by atoms with Gasteiger partial charge in [-0.3, -0.25) is 0 Å². The molecule has 1 saturated heterocycles. The van der Waals surface area contributed by atoms with Crippen molar-refractivity contribution >= 4 is 13.2 Å². The van der Waals surface area contributed by atoms with Crippen molar-refractivity contribution < 1.29 is 18.4 Å². The molecule has 0 bridgehead atoms. The zero-order valence-electron chi connectivity index (χ0n) is 13.3. The van der Waals surface area contributed by atoms with Crippen LogP contribution in [0, 0.1) is 0 Å². The van der Waals surface area contributed by atoms with Crippen molar-refractivity contribution in [3.05, 3.63) is 35.6 Å². The van der Waals surface area contributed by atoms with Gasteiger partial charge in [0.1, 0.15) is 11.5 Å². The molecular formula is C16H22BFO3. The van der Waals surface area contributed by atoms with Crippen molar-refractivity contribution in [2.45, 2.75) is 45.8 Å². The highest BCUT2D eigenvalue weighted by Crippen LogP contribution is 2.39. The smallest absolute Gasteiger partial charge is 0.494 e. The summed E-state index contributed by atoms with van der Waals surface area (Å²) in [6.45, 7) is 10.1. The summed E-state index contributed by atoms with van der Waals surface area (Å²) in [5.74, 6) is 0.769. The molecule has 0 atom stereocenters. The third-order valence-electron chi connectivity index (χ3n) is 3.97. The third kappa shape index (κ3) is 3.47. The maximum absolute atomic E-state index is 14.3. The van der Waals surface area contributed by atoms with Gasteiger partial charge in [-0.2, -0.15) is 0 Å². The standard InChI is InChI=1S/C16H22BFO3/c1-6-19-13-9-7-12(8-10-13)11-14(18)17-20-15(2,3)16(4,5)21-17/h7-11H,6H2,1-5H3. The van der Waals surface area contributed by atoms with Crippen molar-refractivity contribution in [1.82, 2.24) is 0 Å². The van der Waals surface area contributed by atoms with Gasteiger partial charge in [0.2, 0.25) is 0 Å². The third-order valence-corrected chi connectivity index (χ3v) is 3.97. The summed E-state index contributed by atoms with van der Waals surface area (Å²) in [6.07, 6.45) is 1.43. The summed E-state index contributed by atoms with van der Waals surface area (Å²) in [7, 11) is -0.957. The Morgan fingerprint density at radius 1 is 1.14 bits per heavy atom. The molecule has 0 radical (unpaired) electrons. The summed E-state index contributed by atoms with van der Waals surface area (Å²) in [4.78, 5) is 0. The molecular weight excluding hydrogens is 270 g/mol. The minimum absolute atomic E-state index is 0.433. The molecule has 0 N–H and O–H groups in total. The largest absolute Gasteiger partial charge is 0.525 e. The van der Waals surface area contributed by atoms with Gasteiger partial charge in [0, 0.05) is 0 Å². The van der Waals surface area contributed by atoms with E-state index in [-0.39, 0.29) is 0 Å². The fourth-order valence-electron chi connectivity index (χ4n) is 2.01. The van der Waals surface area contributed by atoms with Crippen LogP contribution >= 0.6 is 0 Å². The number of hydrogen-bond donors (Lipinski definition) is 0. The van der Waals surface area contributed by atoms with Crippen molar-refractivity contribution in [3.63, 3.8) is 0 Å². The van der Waals surface area contributed by atoms with E-state index in [1.54, 1.807) is 12.1 Å². The predicted molar refractivity (Wildman–Crippen MR) is 82.8 cm³/mol. The van der Waals surface area contributed by atoms with Gasteiger partial charge in [-0.05, 0) is 58.4 Å². The number of rotatable bonds is 4. The van der Waals surface area contributed by atoms with Crippen molar-refractivity contribution in [2.75, 3.05) is 6.61 Å². The van der Waals surface area contributed by atoms with E-state index in [4.69, 9.17) is 14.0 Å². The topological polar surface area (TPSA) is 27.7 Å². The van der Waals surface area contributed by atoms with E-state index in [1.165, 1.54) is 6.08 Å². The number of ether oxygens (including phenoxy) is 1. The highest BCUT2D eigenvalue weighted by Gasteiger charge is 2.52. The first kappa shape index (κ1) is 16.1. The van der Waals surface area contributed by atoms with Gasteiger partial charge in [0.15, 0.2) is 0 Å². The van der Waals surface area contributed by atoms with Gasteiger partial charge in [-0.25, -0.2) is 4.39 Å². The molecule has 114 valence electrons. The molecule has 1 heterocycles. The summed E-state index contributed by atoms with van der Waals surface area (Å²) in [6, 6.07) is 7.23. The maximum atomic E-state index is 14.3. The Bertz CT molecular complexity index is 507. The van der Waals surface area contributed by atoms with E-state index in [0.29, 0.717) is 6.61 Å². The van der Waals surface area contributed by atoms with Crippen molar-refractivity contribution in [1.29, 1.82) is 0 Å². The average molecular weight is 292 g/mol. The van der Waals surface area contributed by atoms with Crippen LogP contribution in [0.4, 0.5) is 4.39 Å². The number of halogens is 1. The Morgan fingerprint density at radius 3 is 2.14 bits per heavy atom. The van der Waals surface area contributed by atoms with Crippen LogP contribution in [-0.4, -0.2) is 24.9 Å². The molecule has 0 spiro atoms. The predicted octanol–water partition coefficient (Wildman–Crippen LogP) is 4.03. The minimum Gasteiger partial charge on any atom is -0.494 e. The second kappa shape index (κ2) is 5.81. The monoisotopic (exact) mass is 292 g/mol. The Balaban J connectivity index is 2.11. The molecule has 0 aliphatic carbocycles. The molecule has 0 amide bonds. The van der Waals surface area contributed by atoms with Gasteiger partial charge >= 0.3 is 7.12 Å². The zero-order chi connectivity index (χ0) is 15.7. The van der Waals surface area contributed by atoms with Gasteiger partial charge in [0.25, 0.3) is 0 Å². The first-order chi connectivity index (χ1) is 9.75. The molecule has 1 aliphatic rings. The van der Waals surface area contributed by atoms with E-state index in [2.05, 4.69) is 0 Å². The number of benzene rings is 1. The summed E-state index contributed by atoms with van der Waals surface area (Å²) >= 11 is 0. The van der Waals surface area contributed by atoms with E-state index >= 15 is 0 Å². The zero-order valence-corrected chi connectivity index (χ0v) is 13.3. The van der Waals surface area contributed by atoms with Crippen LogP contribution in [0.5, 0.6) is 5.75 Å². The summed E-state index contributed by atoms with van der Waals surface area (Å²) in [5, 5.41) is 0. The molecule has 1 aromatic carbocycles. The molecule has 1 fully saturated rings. The highest BCUT2D eigenvalue weighted by atomic mass is 19.1. The normalized spacial score (nSPS) is 20.7. The maximum Gasteiger partial charge on any atom is 0.525 e. The molecule has 3 nitrogen and oxygen atoms in total. The quantitative estimate of drug-likeness (QED) is 0.784. The van der Waals surface area contributed by atoms with Crippen molar-refractivity contribution in [3.8, 4) is 5.75 Å². The lowest BCUT2D eigenvalue weighted by atomic mass is 9.87. The SMILES string of the molecule is CCOc1ccc(C=C(F)B2OC(C)(C)C(C)(C)O2)cc1. The second-order valence-electron chi connectivity index (χ2n) is 6.12. The first-order valence-corrected chi connectivity index (χ1v) is 7.21. The van der Waals surface area contributed by atoms with E-state index in [0.717, 1.165) is 11.3 Å². The van der Waals surface area contributed by atoms with Gasteiger partial charge in [0.05, 0.1) is 17.8 Å². The van der Waals surface area contributed by atoms with Crippen LogP contribution in [-0.2, 0) is 9.31 Å². The molecule has 21 heavy (non-hydrogen) atoms. The molecule has 5 heteroatoms. The number of hydrogen-bond acceptors (Lipinski definition) is 3. The Hall–Kier alpha value is -1.33. The molecule has 1 aliphatic heterocycles. The Kier molecular flexibility index (Phi) is 4.44. The fourth-order valence-corrected chi connectivity index (χ4v) is 2.01. The summed E-state index contributed by atoms with van der Waals surface area (Å²) in [5.41, 5.74) is -0.771. The minimum atomic E-state index is -0.957. The van der Waals surface area contributed by atoms with Crippen LogP contribution < -0.4 is 4.74 Å². The molecule has 0 aromatic heterocycles. The average Bonchev–Trinajstić information content (AvgIpc) is 2.61. The van der Waals surface area contributed by atoms with Gasteiger partial charge in [-0.1, -0.05) is 12.1 Å². The Morgan fingerprint density at radius 2 is 1.67 bits per heavy atom. The lowest BCUT2D eigenvalue weighted by Gasteiger charge is -2.32. The van der Waals surface area contributed by atoms with Gasteiger partial charge in [-0.15, -0.1) is 0 Å². The molecule has 1 aromatic rings. The van der Waals surface area contributed by atoms with E-state index in [1.807, 2.05) is 46.8 Å². The van der Waals surface area contributed by atoms with Crippen LogP contribution in [0.15, 0.2) is 30.0 Å². The van der Waals surface area contributed by atoms with Crippen LogP contribution in [0.1, 0.15) is 40.2 Å². The molecule has 0 saturated carbocycles. The first-order valence-electron chi connectivity index (χ1n) is 7.21. The highest BCUT2D eigenvalue weighted by molar-refractivity contribution is 6.54. The van der Waals surface area contributed by atoms with Crippen LogP contribution in [0.2, 0.25) is 0 Å². The molecule has 0 unspecified atom stereocenters. The summed E-state index contributed by atoms with van der Waals surface area (Å²) < 4.78 is 31.0. The van der Waals surface area contributed by atoms with Gasteiger partial charge < -0.3 is 14.0 Å². The van der Waals surface area contributed by atoms with E-state index in [9.17, 15) is 4.39 Å². The fraction of sp³-hybridized carbons (Fsp3) is 0.500. The Labute approximate surface area is 126 Å². The van der Waals surface area contributed by atoms with Crippen molar-refractivity contribution in [2.24, 2.45) is 0 Å². The lowest BCUT2D eigenvalue weighted by Crippen LogP contribution is -2.41. The molecule has 2 rings (SSSR count). The van der Waals surface area contributed by atoms with E-state index < -0.39 is 24.0 Å². The second-order valence-corrected chi connectivity index (χ2v) is 6.12. The van der Waals surface area contributed by atoms with Crippen LogP contribution in [0.3, 0.4) is 0 Å².